The Balaban J connectivity index is 3.95. The normalized spacial score (nSPS) is 14.6. The molecule has 17 heavy (non-hydrogen) atoms. The zero-order valence-electron chi connectivity index (χ0n) is 13.0. The molecular formula is C14H33N3. The quantitative estimate of drug-likeness (QED) is 0.667. The number of hydrogen-bond acceptors (Lipinski definition) is 3. The molecule has 1 atom stereocenters. The van der Waals surface area contributed by atoms with Gasteiger partial charge in [0.15, 0.2) is 0 Å². The number of rotatable bonds is 9. The van der Waals surface area contributed by atoms with Gasteiger partial charge >= 0.3 is 0 Å². The topological polar surface area (TPSA) is 18.5 Å². The standard InChI is InChI=1S/C14H33N3/c1-8-15-13(2)14(3,4)12-17(7)11-9-10-16(5)6/h13,15H,8-12H2,1-7H3. The van der Waals surface area contributed by atoms with Gasteiger partial charge in [-0.3, -0.25) is 0 Å². The third-order valence-corrected chi connectivity index (χ3v) is 3.51. The Labute approximate surface area is 109 Å². The molecule has 0 fully saturated rings. The van der Waals surface area contributed by atoms with E-state index in [1.807, 2.05) is 0 Å². The summed E-state index contributed by atoms with van der Waals surface area (Å²) in [6.45, 7) is 13.7. The van der Waals surface area contributed by atoms with Crippen LogP contribution in [0.1, 0.15) is 34.1 Å². The molecule has 0 rings (SSSR count). The summed E-state index contributed by atoms with van der Waals surface area (Å²) in [7, 11) is 6.50. The molecule has 0 radical (unpaired) electrons. The van der Waals surface area contributed by atoms with Gasteiger partial charge in [-0.05, 0) is 59.5 Å². The highest BCUT2D eigenvalue weighted by Crippen LogP contribution is 2.21. The van der Waals surface area contributed by atoms with Gasteiger partial charge in [0.05, 0.1) is 0 Å². The molecule has 0 saturated carbocycles. The van der Waals surface area contributed by atoms with Gasteiger partial charge < -0.3 is 15.1 Å². The Kier molecular flexibility index (Phi) is 8.01. The fourth-order valence-electron chi connectivity index (χ4n) is 2.15. The van der Waals surface area contributed by atoms with Crippen LogP contribution in [0.3, 0.4) is 0 Å². The smallest absolute Gasteiger partial charge is 0.0102 e. The van der Waals surface area contributed by atoms with E-state index in [9.17, 15) is 0 Å². The first-order chi connectivity index (χ1) is 7.79. The largest absolute Gasteiger partial charge is 0.314 e. The third kappa shape index (κ3) is 7.74. The van der Waals surface area contributed by atoms with Crippen molar-refractivity contribution in [1.29, 1.82) is 0 Å². The molecule has 0 amide bonds. The Morgan fingerprint density at radius 1 is 1.12 bits per heavy atom. The lowest BCUT2D eigenvalue weighted by Gasteiger charge is -2.36. The molecule has 3 heteroatoms. The van der Waals surface area contributed by atoms with Crippen LogP contribution < -0.4 is 5.32 Å². The lowest BCUT2D eigenvalue weighted by molar-refractivity contribution is 0.162. The highest BCUT2D eigenvalue weighted by atomic mass is 15.1. The second kappa shape index (κ2) is 8.06. The third-order valence-electron chi connectivity index (χ3n) is 3.51. The number of nitrogens with one attached hydrogen (secondary N) is 1. The molecule has 0 aliphatic rings. The van der Waals surface area contributed by atoms with Gasteiger partial charge in [-0.1, -0.05) is 20.8 Å². The van der Waals surface area contributed by atoms with E-state index >= 15 is 0 Å². The minimum Gasteiger partial charge on any atom is -0.314 e. The van der Waals surface area contributed by atoms with Crippen LogP contribution in [0.25, 0.3) is 0 Å². The summed E-state index contributed by atoms with van der Waals surface area (Å²) in [4.78, 5) is 4.71. The van der Waals surface area contributed by atoms with E-state index in [4.69, 9.17) is 0 Å². The van der Waals surface area contributed by atoms with E-state index in [1.54, 1.807) is 0 Å². The van der Waals surface area contributed by atoms with Crippen molar-refractivity contribution in [2.45, 2.75) is 40.2 Å². The van der Waals surface area contributed by atoms with Gasteiger partial charge in [0.2, 0.25) is 0 Å². The highest BCUT2D eigenvalue weighted by Gasteiger charge is 2.26. The van der Waals surface area contributed by atoms with Crippen LogP contribution in [-0.4, -0.2) is 63.2 Å². The van der Waals surface area contributed by atoms with Crippen LogP contribution in [-0.2, 0) is 0 Å². The zero-order chi connectivity index (χ0) is 13.5. The molecule has 3 nitrogen and oxygen atoms in total. The van der Waals surface area contributed by atoms with Gasteiger partial charge in [0.25, 0.3) is 0 Å². The highest BCUT2D eigenvalue weighted by molar-refractivity contribution is 4.82. The fraction of sp³-hybridized carbons (Fsp3) is 1.00. The van der Waals surface area contributed by atoms with Gasteiger partial charge in [-0.15, -0.1) is 0 Å². The first kappa shape index (κ1) is 16.9. The molecule has 1 N–H and O–H groups in total. The van der Waals surface area contributed by atoms with Crippen molar-refractivity contribution in [2.24, 2.45) is 5.41 Å². The monoisotopic (exact) mass is 243 g/mol. The predicted molar refractivity (Wildman–Crippen MR) is 77.6 cm³/mol. The van der Waals surface area contributed by atoms with E-state index in [0.717, 1.165) is 13.1 Å². The first-order valence-corrected chi connectivity index (χ1v) is 6.86. The van der Waals surface area contributed by atoms with Crippen LogP contribution in [0, 0.1) is 5.41 Å². The lowest BCUT2D eigenvalue weighted by Crippen LogP contribution is -2.46. The SMILES string of the molecule is CCNC(C)C(C)(C)CN(C)CCCN(C)C. The summed E-state index contributed by atoms with van der Waals surface area (Å²) in [5, 5.41) is 3.53. The lowest BCUT2D eigenvalue weighted by atomic mass is 9.85. The van der Waals surface area contributed by atoms with Crippen LogP contribution in [0.2, 0.25) is 0 Å². The molecule has 1 unspecified atom stereocenters. The summed E-state index contributed by atoms with van der Waals surface area (Å²) >= 11 is 0. The van der Waals surface area contributed by atoms with Crippen molar-refractivity contribution in [3.8, 4) is 0 Å². The van der Waals surface area contributed by atoms with Gasteiger partial charge in [-0.2, -0.15) is 0 Å². The molecule has 0 bridgehead atoms. The average molecular weight is 243 g/mol. The maximum atomic E-state index is 3.53. The molecular weight excluding hydrogens is 210 g/mol. The molecule has 0 aliphatic carbocycles. The summed E-state index contributed by atoms with van der Waals surface area (Å²) in [5.74, 6) is 0. The van der Waals surface area contributed by atoms with Gasteiger partial charge in [-0.25, -0.2) is 0 Å². The van der Waals surface area contributed by atoms with E-state index < -0.39 is 0 Å². The summed E-state index contributed by atoms with van der Waals surface area (Å²) in [6, 6.07) is 0.559. The summed E-state index contributed by atoms with van der Waals surface area (Å²) < 4.78 is 0. The van der Waals surface area contributed by atoms with Crippen molar-refractivity contribution in [3.05, 3.63) is 0 Å². The van der Waals surface area contributed by atoms with Crippen molar-refractivity contribution in [1.82, 2.24) is 15.1 Å². The molecule has 0 aromatic rings. The second-order valence-corrected chi connectivity index (χ2v) is 6.16. The zero-order valence-corrected chi connectivity index (χ0v) is 13.0. The maximum Gasteiger partial charge on any atom is 0.0102 e. The number of hydrogen-bond donors (Lipinski definition) is 1. The van der Waals surface area contributed by atoms with Crippen molar-refractivity contribution >= 4 is 0 Å². The maximum absolute atomic E-state index is 3.53. The van der Waals surface area contributed by atoms with Gasteiger partial charge in [0, 0.05) is 12.6 Å². The first-order valence-electron chi connectivity index (χ1n) is 6.86. The molecule has 0 aromatic heterocycles. The molecule has 0 heterocycles. The fourth-order valence-corrected chi connectivity index (χ4v) is 2.15. The minimum atomic E-state index is 0.322. The molecule has 0 aromatic carbocycles. The van der Waals surface area contributed by atoms with E-state index in [-0.39, 0.29) is 0 Å². The van der Waals surface area contributed by atoms with E-state index in [1.165, 1.54) is 19.5 Å². The van der Waals surface area contributed by atoms with Crippen molar-refractivity contribution in [3.63, 3.8) is 0 Å². The van der Waals surface area contributed by atoms with E-state index in [2.05, 4.69) is 64.0 Å². The molecule has 104 valence electrons. The van der Waals surface area contributed by atoms with Crippen LogP contribution in [0.15, 0.2) is 0 Å². The Morgan fingerprint density at radius 3 is 2.18 bits per heavy atom. The molecule has 0 spiro atoms. The van der Waals surface area contributed by atoms with Crippen LogP contribution >= 0.6 is 0 Å². The Hall–Kier alpha value is -0.120. The van der Waals surface area contributed by atoms with Crippen molar-refractivity contribution < 1.29 is 0 Å². The predicted octanol–water partition coefficient (Wildman–Crippen LogP) is 1.89. The minimum absolute atomic E-state index is 0.322. The Morgan fingerprint density at radius 2 is 1.71 bits per heavy atom. The van der Waals surface area contributed by atoms with Gasteiger partial charge in [0.1, 0.15) is 0 Å². The molecule has 0 saturated heterocycles. The van der Waals surface area contributed by atoms with Crippen LogP contribution in [0.4, 0.5) is 0 Å². The van der Waals surface area contributed by atoms with Crippen molar-refractivity contribution in [2.75, 3.05) is 47.3 Å². The van der Waals surface area contributed by atoms with Crippen LogP contribution in [0.5, 0.6) is 0 Å². The summed E-state index contributed by atoms with van der Waals surface area (Å²) in [5.41, 5.74) is 0.322. The molecule has 0 aliphatic heterocycles. The second-order valence-electron chi connectivity index (χ2n) is 6.16. The summed E-state index contributed by atoms with van der Waals surface area (Å²) in [6.07, 6.45) is 1.25. The van der Waals surface area contributed by atoms with E-state index in [0.29, 0.717) is 11.5 Å². The Bertz CT molecular complexity index is 190. The average Bonchev–Trinajstić information content (AvgIpc) is 2.16. The number of nitrogens with zero attached hydrogens (tertiary/aromatic N) is 2.